The van der Waals surface area contributed by atoms with Crippen LogP contribution in [0.15, 0.2) is 48.5 Å². The van der Waals surface area contributed by atoms with Crippen molar-refractivity contribution in [3.05, 3.63) is 48.5 Å². The van der Waals surface area contributed by atoms with Crippen molar-refractivity contribution in [1.82, 2.24) is 9.97 Å². The van der Waals surface area contributed by atoms with Gasteiger partial charge in [-0.05, 0) is 25.0 Å². The van der Waals surface area contributed by atoms with E-state index < -0.39 is 0 Å². The van der Waals surface area contributed by atoms with Crippen molar-refractivity contribution in [2.75, 3.05) is 5.32 Å². The van der Waals surface area contributed by atoms with Gasteiger partial charge >= 0.3 is 0 Å². The SMILES string of the molecule is CCCC1Nc2c(c3ccccc3c3nc4ccccc4nc23)OC1CCC. The third-order valence-corrected chi connectivity index (χ3v) is 5.68. The van der Waals surface area contributed by atoms with Gasteiger partial charge in [-0.3, -0.25) is 0 Å². The van der Waals surface area contributed by atoms with Gasteiger partial charge in [0.1, 0.15) is 17.3 Å². The molecule has 142 valence electrons. The minimum absolute atomic E-state index is 0.187. The van der Waals surface area contributed by atoms with Crippen molar-refractivity contribution in [2.45, 2.75) is 51.7 Å². The first-order valence-electron chi connectivity index (χ1n) is 10.3. The smallest absolute Gasteiger partial charge is 0.153 e. The minimum Gasteiger partial charge on any atom is -0.485 e. The average molecular weight is 371 g/mol. The molecule has 1 aliphatic rings. The topological polar surface area (TPSA) is 47.0 Å². The summed E-state index contributed by atoms with van der Waals surface area (Å²) in [6.45, 7) is 4.45. The Morgan fingerprint density at radius 1 is 0.821 bits per heavy atom. The zero-order chi connectivity index (χ0) is 19.1. The highest BCUT2D eigenvalue weighted by Crippen LogP contribution is 2.45. The quantitative estimate of drug-likeness (QED) is 0.349. The molecule has 1 aliphatic heterocycles. The van der Waals surface area contributed by atoms with Crippen LogP contribution < -0.4 is 10.1 Å². The summed E-state index contributed by atoms with van der Waals surface area (Å²) in [6.07, 6.45) is 4.55. The molecule has 4 nitrogen and oxygen atoms in total. The molecule has 2 heterocycles. The fourth-order valence-electron chi connectivity index (χ4n) is 4.37. The van der Waals surface area contributed by atoms with Crippen molar-refractivity contribution < 1.29 is 4.74 Å². The van der Waals surface area contributed by atoms with Gasteiger partial charge in [0.15, 0.2) is 5.75 Å². The third kappa shape index (κ3) is 2.67. The van der Waals surface area contributed by atoms with E-state index in [9.17, 15) is 0 Å². The van der Waals surface area contributed by atoms with E-state index in [1.807, 2.05) is 24.3 Å². The highest BCUT2D eigenvalue weighted by molar-refractivity contribution is 6.15. The van der Waals surface area contributed by atoms with E-state index >= 15 is 0 Å². The molecule has 0 spiro atoms. The molecule has 0 radical (unpaired) electrons. The van der Waals surface area contributed by atoms with E-state index in [0.717, 1.165) is 70.0 Å². The molecule has 0 saturated heterocycles. The summed E-state index contributed by atoms with van der Waals surface area (Å²) in [5.74, 6) is 0.929. The maximum Gasteiger partial charge on any atom is 0.153 e. The Morgan fingerprint density at radius 2 is 1.46 bits per heavy atom. The summed E-state index contributed by atoms with van der Waals surface area (Å²) in [5, 5.41) is 6.01. The Morgan fingerprint density at radius 3 is 2.18 bits per heavy atom. The van der Waals surface area contributed by atoms with Crippen molar-refractivity contribution >= 4 is 38.5 Å². The number of rotatable bonds is 4. The van der Waals surface area contributed by atoms with Crippen LogP contribution in [-0.2, 0) is 0 Å². The van der Waals surface area contributed by atoms with Crippen LogP contribution in [0.5, 0.6) is 5.75 Å². The van der Waals surface area contributed by atoms with Gasteiger partial charge in [-0.1, -0.05) is 63.1 Å². The van der Waals surface area contributed by atoms with Gasteiger partial charge in [0.05, 0.1) is 22.6 Å². The second-order valence-corrected chi connectivity index (χ2v) is 7.64. The first kappa shape index (κ1) is 17.2. The van der Waals surface area contributed by atoms with E-state index in [4.69, 9.17) is 14.7 Å². The van der Waals surface area contributed by atoms with Gasteiger partial charge in [-0.2, -0.15) is 0 Å². The molecule has 4 heteroatoms. The van der Waals surface area contributed by atoms with Crippen molar-refractivity contribution in [2.24, 2.45) is 0 Å². The molecule has 0 saturated carbocycles. The average Bonchev–Trinajstić information content (AvgIpc) is 2.74. The second-order valence-electron chi connectivity index (χ2n) is 7.64. The molecule has 1 N–H and O–H groups in total. The van der Waals surface area contributed by atoms with E-state index in [1.165, 1.54) is 0 Å². The van der Waals surface area contributed by atoms with Crippen LogP contribution in [0.2, 0.25) is 0 Å². The van der Waals surface area contributed by atoms with Gasteiger partial charge in [0, 0.05) is 10.8 Å². The first-order chi connectivity index (χ1) is 13.8. The highest BCUT2D eigenvalue weighted by Gasteiger charge is 2.32. The number of nitrogens with zero attached hydrogens (tertiary/aromatic N) is 2. The first-order valence-corrected chi connectivity index (χ1v) is 10.3. The zero-order valence-corrected chi connectivity index (χ0v) is 16.4. The normalized spacial score (nSPS) is 18.8. The van der Waals surface area contributed by atoms with E-state index in [0.29, 0.717) is 6.04 Å². The molecule has 0 fully saturated rings. The summed E-state index contributed by atoms with van der Waals surface area (Å²) < 4.78 is 6.64. The van der Waals surface area contributed by atoms with Crippen LogP contribution in [0.25, 0.3) is 32.8 Å². The molecule has 3 aromatic carbocycles. The lowest BCUT2D eigenvalue weighted by Crippen LogP contribution is -2.41. The van der Waals surface area contributed by atoms with Crippen LogP contribution >= 0.6 is 0 Å². The fraction of sp³-hybridized carbons (Fsp3) is 0.333. The second kappa shape index (κ2) is 6.93. The Labute approximate surface area is 164 Å². The lowest BCUT2D eigenvalue weighted by molar-refractivity contribution is 0.155. The highest BCUT2D eigenvalue weighted by atomic mass is 16.5. The molecule has 2 atom stereocenters. The van der Waals surface area contributed by atoms with Crippen molar-refractivity contribution in [3.63, 3.8) is 0 Å². The molecular weight excluding hydrogens is 346 g/mol. The van der Waals surface area contributed by atoms with Crippen LogP contribution in [0.3, 0.4) is 0 Å². The number of nitrogens with one attached hydrogen (secondary N) is 1. The Hall–Kier alpha value is -2.88. The van der Waals surface area contributed by atoms with Gasteiger partial charge in [-0.15, -0.1) is 0 Å². The summed E-state index contributed by atoms with van der Waals surface area (Å²) in [4.78, 5) is 9.98. The zero-order valence-electron chi connectivity index (χ0n) is 16.4. The number of ether oxygens (including phenoxy) is 1. The number of para-hydroxylation sites is 2. The minimum atomic E-state index is 0.187. The third-order valence-electron chi connectivity index (χ3n) is 5.68. The maximum absolute atomic E-state index is 6.64. The molecule has 1 aromatic heterocycles. The summed E-state index contributed by atoms with van der Waals surface area (Å²) in [7, 11) is 0. The van der Waals surface area contributed by atoms with E-state index in [2.05, 4.69) is 43.4 Å². The summed E-state index contributed by atoms with van der Waals surface area (Å²) >= 11 is 0. The van der Waals surface area contributed by atoms with Crippen molar-refractivity contribution in [3.8, 4) is 5.75 Å². The predicted molar refractivity (Wildman–Crippen MR) is 116 cm³/mol. The molecule has 5 rings (SSSR count). The van der Waals surface area contributed by atoms with Crippen LogP contribution in [0.4, 0.5) is 5.69 Å². The van der Waals surface area contributed by atoms with E-state index in [1.54, 1.807) is 0 Å². The lowest BCUT2D eigenvalue weighted by atomic mass is 9.96. The van der Waals surface area contributed by atoms with Crippen LogP contribution in [-0.4, -0.2) is 22.1 Å². The maximum atomic E-state index is 6.64. The van der Waals surface area contributed by atoms with E-state index in [-0.39, 0.29) is 6.10 Å². The Kier molecular flexibility index (Phi) is 4.27. The Balaban J connectivity index is 1.83. The largest absolute Gasteiger partial charge is 0.485 e. The predicted octanol–water partition coefficient (Wildman–Crippen LogP) is 6.08. The Bertz CT molecular complexity index is 1170. The number of fused-ring (bicyclic) bond motifs is 7. The van der Waals surface area contributed by atoms with Gasteiger partial charge in [0.25, 0.3) is 0 Å². The lowest BCUT2D eigenvalue weighted by Gasteiger charge is -2.36. The fourth-order valence-corrected chi connectivity index (χ4v) is 4.37. The number of benzene rings is 3. The monoisotopic (exact) mass is 371 g/mol. The standard InChI is InChI=1S/C24H25N3O/c1-3-9-19-20(10-4-2)28-24-16-12-6-5-11-15(16)21-22(23(24)27-19)26-18-14-8-7-13-17(18)25-21/h5-8,11-14,19-20,27H,3-4,9-10H2,1-2H3. The summed E-state index contributed by atoms with van der Waals surface area (Å²) in [5.41, 5.74) is 4.68. The molecule has 0 bridgehead atoms. The molecule has 2 unspecified atom stereocenters. The number of anilines is 1. The molecule has 4 aromatic rings. The number of aromatic nitrogens is 2. The van der Waals surface area contributed by atoms with Gasteiger partial charge < -0.3 is 10.1 Å². The van der Waals surface area contributed by atoms with Gasteiger partial charge in [-0.25, -0.2) is 9.97 Å². The molecule has 28 heavy (non-hydrogen) atoms. The van der Waals surface area contributed by atoms with Crippen LogP contribution in [0.1, 0.15) is 39.5 Å². The van der Waals surface area contributed by atoms with Gasteiger partial charge in [0.2, 0.25) is 0 Å². The summed E-state index contributed by atoms with van der Waals surface area (Å²) in [6, 6.07) is 16.8. The molecule has 0 aliphatic carbocycles. The molecular formula is C24H25N3O. The van der Waals surface area contributed by atoms with Crippen LogP contribution in [0, 0.1) is 0 Å². The number of hydrogen-bond donors (Lipinski definition) is 1. The van der Waals surface area contributed by atoms with Crippen molar-refractivity contribution in [1.29, 1.82) is 0 Å². The molecule has 0 amide bonds. The number of hydrogen-bond acceptors (Lipinski definition) is 4.